The van der Waals surface area contributed by atoms with Gasteiger partial charge in [-0.2, -0.15) is 0 Å². The average molecular weight is 356 g/mol. The predicted molar refractivity (Wildman–Crippen MR) is 94.3 cm³/mol. The van der Waals surface area contributed by atoms with Crippen LogP contribution in [-0.4, -0.2) is 63.1 Å². The van der Waals surface area contributed by atoms with E-state index in [0.29, 0.717) is 38.2 Å². The largest absolute Gasteiger partial charge is 0.508 e. The van der Waals surface area contributed by atoms with Gasteiger partial charge in [0.15, 0.2) is 0 Å². The summed E-state index contributed by atoms with van der Waals surface area (Å²) in [5.74, 6) is -0.813. The number of carbonyl (C=O) groups is 2. The second kappa shape index (κ2) is 7.35. The number of hydrogen-bond acceptors (Lipinski definition) is 5. The minimum atomic E-state index is -0.303. The van der Waals surface area contributed by atoms with Gasteiger partial charge in [0.05, 0.1) is 0 Å². The lowest BCUT2D eigenvalue weighted by Gasteiger charge is -2.22. The molecule has 3 rings (SSSR count). The quantitative estimate of drug-likeness (QED) is 0.762. The fourth-order valence-corrected chi connectivity index (χ4v) is 3.05. The van der Waals surface area contributed by atoms with Crippen LogP contribution >= 0.6 is 0 Å². The molecular weight excluding hydrogens is 336 g/mol. The van der Waals surface area contributed by atoms with Gasteiger partial charge >= 0.3 is 0 Å². The highest BCUT2D eigenvalue weighted by Crippen LogP contribution is 2.22. The van der Waals surface area contributed by atoms with Crippen molar-refractivity contribution in [2.24, 2.45) is 0 Å². The molecule has 0 aromatic heterocycles. The molecule has 0 spiro atoms. The van der Waals surface area contributed by atoms with Crippen LogP contribution in [-0.2, 0) is 0 Å². The van der Waals surface area contributed by atoms with Crippen molar-refractivity contribution in [2.45, 2.75) is 6.42 Å². The van der Waals surface area contributed by atoms with Crippen molar-refractivity contribution in [3.63, 3.8) is 0 Å². The van der Waals surface area contributed by atoms with Crippen LogP contribution < -0.4 is 0 Å². The van der Waals surface area contributed by atoms with Crippen LogP contribution in [0.5, 0.6) is 17.2 Å². The minimum absolute atomic E-state index is 0.0335. The Morgan fingerprint density at radius 1 is 0.692 bits per heavy atom. The Balaban J connectivity index is 1.70. The third kappa shape index (κ3) is 3.88. The summed E-state index contributed by atoms with van der Waals surface area (Å²) < 4.78 is 0. The van der Waals surface area contributed by atoms with Crippen molar-refractivity contribution in [3.05, 3.63) is 53.6 Å². The molecule has 0 saturated carbocycles. The zero-order valence-corrected chi connectivity index (χ0v) is 14.1. The Morgan fingerprint density at radius 2 is 1.23 bits per heavy atom. The summed E-state index contributed by atoms with van der Waals surface area (Å²) in [6, 6.07) is 9.96. The summed E-state index contributed by atoms with van der Waals surface area (Å²) in [5.41, 5.74) is 0.609. The van der Waals surface area contributed by atoms with E-state index in [1.807, 2.05) is 0 Å². The first-order chi connectivity index (χ1) is 12.4. The number of nitrogens with zero attached hydrogens (tertiary/aromatic N) is 2. The summed E-state index contributed by atoms with van der Waals surface area (Å²) >= 11 is 0. The van der Waals surface area contributed by atoms with E-state index in [1.54, 1.807) is 21.9 Å². The Kier molecular flexibility index (Phi) is 4.97. The van der Waals surface area contributed by atoms with E-state index in [0.717, 1.165) is 6.07 Å². The molecule has 1 saturated heterocycles. The van der Waals surface area contributed by atoms with Crippen LogP contribution in [0.3, 0.4) is 0 Å². The summed E-state index contributed by atoms with van der Waals surface area (Å²) in [6.45, 7) is 1.69. The number of benzene rings is 2. The number of amides is 2. The maximum atomic E-state index is 12.6. The Labute approximate surface area is 150 Å². The van der Waals surface area contributed by atoms with E-state index < -0.39 is 0 Å². The highest BCUT2D eigenvalue weighted by Gasteiger charge is 2.24. The molecule has 1 fully saturated rings. The molecule has 0 unspecified atom stereocenters. The molecule has 0 aliphatic carbocycles. The first kappa shape index (κ1) is 17.6. The van der Waals surface area contributed by atoms with Gasteiger partial charge in [-0.15, -0.1) is 0 Å². The molecule has 7 nitrogen and oxygen atoms in total. The van der Waals surface area contributed by atoms with Crippen molar-refractivity contribution in [1.29, 1.82) is 0 Å². The maximum Gasteiger partial charge on any atom is 0.254 e. The van der Waals surface area contributed by atoms with Crippen LogP contribution in [0.4, 0.5) is 0 Å². The smallest absolute Gasteiger partial charge is 0.254 e. The summed E-state index contributed by atoms with van der Waals surface area (Å²) in [5, 5.41) is 28.6. The van der Waals surface area contributed by atoms with E-state index in [2.05, 4.69) is 0 Å². The van der Waals surface area contributed by atoms with Gasteiger partial charge in [0, 0.05) is 43.4 Å². The molecule has 0 radical (unpaired) electrons. The number of rotatable bonds is 2. The minimum Gasteiger partial charge on any atom is -0.508 e. The summed E-state index contributed by atoms with van der Waals surface area (Å²) in [6.07, 6.45) is 0.612. The molecule has 1 aliphatic rings. The molecule has 1 aliphatic heterocycles. The molecule has 0 atom stereocenters. The van der Waals surface area contributed by atoms with E-state index in [9.17, 15) is 24.9 Å². The number of phenolic OH excluding ortho intramolecular Hbond substituents is 3. The number of aromatic hydroxyl groups is 3. The molecule has 3 N–H and O–H groups in total. The first-order valence-electron chi connectivity index (χ1n) is 8.34. The average Bonchev–Trinajstić information content (AvgIpc) is 2.85. The third-order valence-corrected chi connectivity index (χ3v) is 4.31. The second-order valence-corrected chi connectivity index (χ2v) is 6.23. The molecule has 2 aromatic rings. The first-order valence-corrected chi connectivity index (χ1v) is 8.34. The van der Waals surface area contributed by atoms with Crippen LogP contribution in [0.15, 0.2) is 42.5 Å². The lowest BCUT2D eigenvalue weighted by Crippen LogP contribution is -2.37. The van der Waals surface area contributed by atoms with E-state index >= 15 is 0 Å². The Morgan fingerprint density at radius 3 is 1.81 bits per heavy atom. The second-order valence-electron chi connectivity index (χ2n) is 6.23. The van der Waals surface area contributed by atoms with E-state index in [4.69, 9.17) is 0 Å². The van der Waals surface area contributed by atoms with Crippen molar-refractivity contribution >= 4 is 11.8 Å². The lowest BCUT2D eigenvalue weighted by atomic mass is 10.1. The highest BCUT2D eigenvalue weighted by molar-refractivity contribution is 5.96. The van der Waals surface area contributed by atoms with Crippen LogP contribution in [0.1, 0.15) is 27.1 Å². The van der Waals surface area contributed by atoms with Crippen molar-refractivity contribution in [3.8, 4) is 17.2 Å². The fourth-order valence-electron chi connectivity index (χ4n) is 3.05. The Hall–Kier alpha value is -3.22. The van der Waals surface area contributed by atoms with Gasteiger partial charge in [0.2, 0.25) is 0 Å². The van der Waals surface area contributed by atoms with Gasteiger partial charge in [-0.05, 0) is 36.8 Å². The highest BCUT2D eigenvalue weighted by atomic mass is 16.3. The number of phenols is 3. The monoisotopic (exact) mass is 356 g/mol. The van der Waals surface area contributed by atoms with Crippen LogP contribution in [0.25, 0.3) is 0 Å². The van der Waals surface area contributed by atoms with Gasteiger partial charge in [0.1, 0.15) is 17.2 Å². The number of hydrogen-bond donors (Lipinski definition) is 3. The normalized spacial score (nSPS) is 14.8. The topological polar surface area (TPSA) is 101 Å². The van der Waals surface area contributed by atoms with Gasteiger partial charge in [-0.25, -0.2) is 0 Å². The van der Waals surface area contributed by atoms with Crippen LogP contribution in [0, 0.1) is 0 Å². The van der Waals surface area contributed by atoms with Gasteiger partial charge in [-0.3, -0.25) is 9.59 Å². The van der Waals surface area contributed by atoms with Gasteiger partial charge in [-0.1, -0.05) is 6.07 Å². The summed E-state index contributed by atoms with van der Waals surface area (Å²) in [4.78, 5) is 28.5. The Bertz CT molecular complexity index is 816. The van der Waals surface area contributed by atoms with E-state index in [1.165, 1.54) is 24.3 Å². The zero-order valence-electron chi connectivity index (χ0n) is 14.1. The van der Waals surface area contributed by atoms with Gasteiger partial charge < -0.3 is 25.1 Å². The number of carbonyl (C=O) groups excluding carboxylic acids is 2. The molecule has 26 heavy (non-hydrogen) atoms. The molecule has 136 valence electrons. The molecule has 7 heteroatoms. The van der Waals surface area contributed by atoms with Gasteiger partial charge in [0.25, 0.3) is 11.8 Å². The summed E-state index contributed by atoms with van der Waals surface area (Å²) in [7, 11) is 0. The predicted octanol–water partition coefficient (Wildman–Crippen LogP) is 1.79. The fraction of sp³-hybridized carbons (Fsp3) is 0.263. The molecule has 0 bridgehead atoms. The van der Waals surface area contributed by atoms with Crippen molar-refractivity contribution in [1.82, 2.24) is 9.80 Å². The standard InChI is InChI=1S/C19H20N2O5/c22-15-4-1-3-13(9-15)18(25)20-5-2-6-21(8-7-20)19(26)14-10-16(23)12-17(24)11-14/h1,3-4,9-12,22-24H,2,5-8H2. The molecule has 1 heterocycles. The SMILES string of the molecule is O=C(c1cccc(O)c1)N1CCCN(C(=O)c2cc(O)cc(O)c2)CC1. The lowest BCUT2D eigenvalue weighted by molar-refractivity contribution is 0.0718. The molecule has 2 amide bonds. The molecular formula is C19H20N2O5. The van der Waals surface area contributed by atoms with E-state index in [-0.39, 0.29) is 34.6 Å². The van der Waals surface area contributed by atoms with Crippen molar-refractivity contribution < 1.29 is 24.9 Å². The molecule has 2 aromatic carbocycles. The zero-order chi connectivity index (χ0) is 18.7. The van der Waals surface area contributed by atoms with Crippen LogP contribution in [0.2, 0.25) is 0 Å². The van der Waals surface area contributed by atoms with Crippen molar-refractivity contribution in [2.75, 3.05) is 26.2 Å². The maximum absolute atomic E-state index is 12.6. The third-order valence-electron chi connectivity index (χ3n) is 4.31.